The van der Waals surface area contributed by atoms with Gasteiger partial charge in [-0.2, -0.15) is 0 Å². The molecule has 2 aromatic rings. The van der Waals surface area contributed by atoms with E-state index in [4.69, 9.17) is 11.6 Å². The van der Waals surface area contributed by atoms with E-state index < -0.39 is 0 Å². The average Bonchev–Trinajstić information content (AvgIpc) is 2.76. The number of aryl methyl sites for hydroxylation is 1. The fourth-order valence-corrected chi connectivity index (χ4v) is 3.36. The Hall–Kier alpha value is -0.510. The summed E-state index contributed by atoms with van der Waals surface area (Å²) in [6, 6.07) is 12.9. The van der Waals surface area contributed by atoms with Gasteiger partial charge in [0, 0.05) is 14.6 Å². The molecule has 3 rings (SSSR count). The largest absolute Gasteiger partial charge is 0.378 e. The van der Waals surface area contributed by atoms with Crippen molar-refractivity contribution in [1.82, 2.24) is 0 Å². The van der Waals surface area contributed by atoms with Gasteiger partial charge in [-0.1, -0.05) is 33.6 Å². The lowest BCUT2D eigenvalue weighted by molar-refractivity contribution is 0.762. The smallest absolute Gasteiger partial charge is 0.0568 e. The number of halogens is 3. The molecule has 0 amide bonds. The van der Waals surface area contributed by atoms with Gasteiger partial charge in [-0.05, 0) is 70.2 Å². The molecule has 1 N–H and O–H groups in total. The van der Waals surface area contributed by atoms with E-state index in [0.29, 0.717) is 6.04 Å². The first-order valence-electron chi connectivity index (χ1n) is 6.13. The number of rotatable bonds is 2. The van der Waals surface area contributed by atoms with Crippen molar-refractivity contribution in [1.29, 1.82) is 0 Å². The summed E-state index contributed by atoms with van der Waals surface area (Å²) in [6.45, 7) is 0. The minimum atomic E-state index is 0.375. The molecule has 0 aliphatic heterocycles. The van der Waals surface area contributed by atoms with E-state index in [1.165, 1.54) is 11.1 Å². The zero-order valence-corrected chi connectivity index (χ0v) is 14.0. The lowest BCUT2D eigenvalue weighted by atomic mass is 10.1. The van der Waals surface area contributed by atoms with Crippen LogP contribution in [-0.4, -0.2) is 0 Å². The molecular formula is C15H12Br2ClN. The third-order valence-corrected chi connectivity index (χ3v) is 5.17. The zero-order valence-electron chi connectivity index (χ0n) is 10.1. The molecule has 1 atom stereocenters. The average molecular weight is 402 g/mol. The standard InChI is InChI=1S/C15H12Br2ClN/c16-10-2-4-12-9(7-10)1-6-15(12)19-11-3-5-13(17)14(18)8-11/h2-5,7-8,15,19H,1,6H2. The molecule has 4 heteroatoms. The first-order chi connectivity index (χ1) is 9.13. The van der Waals surface area contributed by atoms with Crippen LogP contribution in [0.15, 0.2) is 45.3 Å². The quantitative estimate of drug-likeness (QED) is 0.654. The monoisotopic (exact) mass is 399 g/mol. The molecule has 0 heterocycles. The van der Waals surface area contributed by atoms with Crippen LogP contribution in [-0.2, 0) is 6.42 Å². The highest BCUT2D eigenvalue weighted by atomic mass is 79.9. The van der Waals surface area contributed by atoms with Gasteiger partial charge >= 0.3 is 0 Å². The zero-order chi connectivity index (χ0) is 13.4. The van der Waals surface area contributed by atoms with Gasteiger partial charge in [0.15, 0.2) is 0 Å². The van der Waals surface area contributed by atoms with Crippen LogP contribution in [0.3, 0.4) is 0 Å². The number of nitrogens with one attached hydrogen (secondary N) is 1. The topological polar surface area (TPSA) is 12.0 Å². The van der Waals surface area contributed by atoms with Crippen molar-refractivity contribution < 1.29 is 0 Å². The molecule has 1 nitrogen and oxygen atoms in total. The summed E-state index contributed by atoms with van der Waals surface area (Å²) in [5.74, 6) is 0. The minimum absolute atomic E-state index is 0.375. The molecule has 0 saturated heterocycles. The summed E-state index contributed by atoms with van der Waals surface area (Å²) in [7, 11) is 0. The van der Waals surface area contributed by atoms with E-state index in [2.05, 4.69) is 55.4 Å². The second-order valence-electron chi connectivity index (χ2n) is 4.71. The summed E-state index contributed by atoms with van der Waals surface area (Å²) in [5, 5.41) is 4.30. The summed E-state index contributed by atoms with van der Waals surface area (Å²) >= 11 is 13.1. The van der Waals surface area contributed by atoms with E-state index in [0.717, 1.165) is 32.5 Å². The molecule has 19 heavy (non-hydrogen) atoms. The Morgan fingerprint density at radius 2 is 1.95 bits per heavy atom. The predicted molar refractivity (Wildman–Crippen MR) is 88.0 cm³/mol. The predicted octanol–water partition coefficient (Wildman–Crippen LogP) is 5.96. The van der Waals surface area contributed by atoms with Crippen LogP contribution in [0.25, 0.3) is 0 Å². The Bertz CT molecular complexity index is 628. The minimum Gasteiger partial charge on any atom is -0.378 e. The van der Waals surface area contributed by atoms with Crippen molar-refractivity contribution >= 4 is 49.1 Å². The lowest BCUT2D eigenvalue weighted by Crippen LogP contribution is -2.06. The van der Waals surface area contributed by atoms with Crippen LogP contribution >= 0.6 is 43.5 Å². The maximum atomic E-state index is 6.13. The molecule has 0 aromatic heterocycles. The maximum absolute atomic E-state index is 6.13. The van der Waals surface area contributed by atoms with E-state index in [1.807, 2.05) is 18.2 Å². The normalized spacial score (nSPS) is 17.3. The molecule has 0 saturated carbocycles. The Kier molecular flexibility index (Phi) is 3.88. The van der Waals surface area contributed by atoms with Gasteiger partial charge in [-0.3, -0.25) is 0 Å². The van der Waals surface area contributed by atoms with Crippen molar-refractivity contribution in [3.63, 3.8) is 0 Å². The molecule has 98 valence electrons. The van der Waals surface area contributed by atoms with Crippen LogP contribution in [0.5, 0.6) is 0 Å². The van der Waals surface area contributed by atoms with Gasteiger partial charge in [-0.25, -0.2) is 0 Å². The van der Waals surface area contributed by atoms with Gasteiger partial charge in [-0.15, -0.1) is 0 Å². The SMILES string of the molecule is Clc1cc(NC2CCc3cc(Br)ccc32)ccc1Br. The van der Waals surface area contributed by atoms with Gasteiger partial charge < -0.3 is 5.32 Å². The van der Waals surface area contributed by atoms with E-state index in [-0.39, 0.29) is 0 Å². The number of hydrogen-bond acceptors (Lipinski definition) is 1. The fourth-order valence-electron chi connectivity index (χ4n) is 2.52. The van der Waals surface area contributed by atoms with Gasteiger partial charge in [0.25, 0.3) is 0 Å². The van der Waals surface area contributed by atoms with Crippen LogP contribution in [0.2, 0.25) is 5.02 Å². The second kappa shape index (κ2) is 5.47. The van der Waals surface area contributed by atoms with Gasteiger partial charge in [0.2, 0.25) is 0 Å². The number of hydrogen-bond donors (Lipinski definition) is 1. The maximum Gasteiger partial charge on any atom is 0.0568 e. The highest BCUT2D eigenvalue weighted by Gasteiger charge is 2.22. The summed E-state index contributed by atoms with van der Waals surface area (Å²) < 4.78 is 2.08. The molecular weight excluding hydrogens is 389 g/mol. The van der Waals surface area contributed by atoms with Crippen molar-refractivity contribution in [2.45, 2.75) is 18.9 Å². The second-order valence-corrected chi connectivity index (χ2v) is 6.88. The highest BCUT2D eigenvalue weighted by molar-refractivity contribution is 9.10. The van der Waals surface area contributed by atoms with Crippen LogP contribution < -0.4 is 5.32 Å². The highest BCUT2D eigenvalue weighted by Crippen LogP contribution is 2.36. The third-order valence-electron chi connectivity index (χ3n) is 3.44. The lowest BCUT2D eigenvalue weighted by Gasteiger charge is -2.16. The molecule has 1 aliphatic carbocycles. The van der Waals surface area contributed by atoms with Crippen LogP contribution in [0.4, 0.5) is 5.69 Å². The fraction of sp³-hybridized carbons (Fsp3) is 0.200. The Balaban J connectivity index is 1.84. The van der Waals surface area contributed by atoms with Crippen molar-refractivity contribution in [3.8, 4) is 0 Å². The van der Waals surface area contributed by atoms with Crippen LogP contribution in [0, 0.1) is 0 Å². The Labute approximate surface area is 134 Å². The van der Waals surface area contributed by atoms with Gasteiger partial charge in [0.05, 0.1) is 11.1 Å². The molecule has 1 aliphatic rings. The summed E-state index contributed by atoms with van der Waals surface area (Å²) in [6.07, 6.45) is 2.25. The summed E-state index contributed by atoms with van der Waals surface area (Å²) in [4.78, 5) is 0. The Morgan fingerprint density at radius 1 is 1.11 bits per heavy atom. The molecule has 2 aromatic carbocycles. The number of benzene rings is 2. The first-order valence-corrected chi connectivity index (χ1v) is 8.10. The van der Waals surface area contributed by atoms with Gasteiger partial charge in [0.1, 0.15) is 0 Å². The van der Waals surface area contributed by atoms with E-state index >= 15 is 0 Å². The third kappa shape index (κ3) is 2.83. The molecule has 0 bridgehead atoms. The molecule has 0 radical (unpaired) electrons. The number of fused-ring (bicyclic) bond motifs is 1. The Morgan fingerprint density at radius 3 is 2.74 bits per heavy atom. The van der Waals surface area contributed by atoms with E-state index in [1.54, 1.807) is 0 Å². The van der Waals surface area contributed by atoms with Crippen LogP contribution in [0.1, 0.15) is 23.6 Å². The summed E-state index contributed by atoms with van der Waals surface area (Å²) in [5.41, 5.74) is 3.88. The van der Waals surface area contributed by atoms with Crippen molar-refractivity contribution in [2.24, 2.45) is 0 Å². The molecule has 0 fully saturated rings. The van der Waals surface area contributed by atoms with Crippen molar-refractivity contribution in [3.05, 3.63) is 61.5 Å². The molecule has 1 unspecified atom stereocenters. The van der Waals surface area contributed by atoms with Crippen molar-refractivity contribution in [2.75, 3.05) is 5.32 Å². The molecule has 0 spiro atoms. The van der Waals surface area contributed by atoms with E-state index in [9.17, 15) is 0 Å². The number of anilines is 1. The first kappa shape index (κ1) is 13.5.